The highest BCUT2D eigenvalue weighted by Crippen LogP contribution is 2.01. The van der Waals surface area contributed by atoms with E-state index in [0.29, 0.717) is 19.4 Å². The van der Waals surface area contributed by atoms with Gasteiger partial charge >= 0.3 is 11.9 Å². The minimum absolute atomic E-state index is 0.127. The molecule has 0 saturated carbocycles. The van der Waals surface area contributed by atoms with Gasteiger partial charge < -0.3 is 42.7 Å². The van der Waals surface area contributed by atoms with E-state index in [1.807, 2.05) is 0 Å². The molecule has 0 aliphatic heterocycles. The summed E-state index contributed by atoms with van der Waals surface area (Å²) in [6.07, 6.45) is 0.536. The van der Waals surface area contributed by atoms with Crippen LogP contribution in [0.4, 0.5) is 0 Å². The van der Waals surface area contributed by atoms with Crippen molar-refractivity contribution in [3.8, 4) is 0 Å². The topological polar surface area (TPSA) is 234 Å². The third-order valence-electron chi connectivity index (χ3n) is 3.55. The van der Waals surface area contributed by atoms with Crippen molar-refractivity contribution in [3.05, 3.63) is 0 Å². The summed E-state index contributed by atoms with van der Waals surface area (Å²) in [7, 11) is 0. The van der Waals surface area contributed by atoms with Crippen LogP contribution in [-0.2, 0) is 24.0 Å². The Labute approximate surface area is 160 Å². The third kappa shape index (κ3) is 10.4. The first-order valence-corrected chi connectivity index (χ1v) is 8.50. The highest BCUT2D eigenvalue weighted by atomic mass is 16.4. The summed E-state index contributed by atoms with van der Waals surface area (Å²) >= 11 is 0. The average molecular weight is 405 g/mol. The number of hydrogen-bond acceptors (Lipinski definition) is 8. The van der Waals surface area contributed by atoms with E-state index in [0.717, 1.165) is 0 Å². The molecule has 160 valence electrons. The molecule has 0 fully saturated rings. The number of carbonyl (C=O) groups excluding carboxylic acids is 3. The second-order valence-corrected chi connectivity index (χ2v) is 5.91. The number of aliphatic hydroxyl groups is 1. The Morgan fingerprint density at radius 2 is 1.57 bits per heavy atom. The summed E-state index contributed by atoms with van der Waals surface area (Å²) in [5.41, 5.74) is 10.6. The fourth-order valence-electron chi connectivity index (χ4n) is 2.04. The van der Waals surface area contributed by atoms with Gasteiger partial charge in [0.2, 0.25) is 17.7 Å². The van der Waals surface area contributed by atoms with Crippen molar-refractivity contribution in [2.24, 2.45) is 11.5 Å². The molecular weight excluding hydrogens is 378 g/mol. The van der Waals surface area contributed by atoms with E-state index < -0.39 is 67.4 Å². The predicted octanol–water partition coefficient (Wildman–Crippen LogP) is -3.92. The van der Waals surface area contributed by atoms with Crippen molar-refractivity contribution in [1.29, 1.82) is 0 Å². The molecule has 3 amide bonds. The number of nitrogens with two attached hydrogens (primary N) is 2. The highest BCUT2D eigenvalue weighted by molar-refractivity contribution is 5.93. The molecule has 0 aliphatic rings. The summed E-state index contributed by atoms with van der Waals surface area (Å²) in [6.45, 7) is -1.05. The third-order valence-corrected chi connectivity index (χ3v) is 3.55. The van der Waals surface area contributed by atoms with Crippen LogP contribution in [0.2, 0.25) is 0 Å². The van der Waals surface area contributed by atoms with Gasteiger partial charge in [-0.1, -0.05) is 0 Å². The molecule has 3 unspecified atom stereocenters. The van der Waals surface area contributed by atoms with Gasteiger partial charge in [0.15, 0.2) is 0 Å². The lowest BCUT2D eigenvalue weighted by atomic mass is 10.1. The first-order valence-electron chi connectivity index (χ1n) is 8.50. The number of unbranched alkanes of at least 4 members (excludes halogenated alkanes) is 1. The van der Waals surface area contributed by atoms with Crippen LogP contribution in [-0.4, -0.2) is 82.8 Å². The number of rotatable bonds is 14. The van der Waals surface area contributed by atoms with Crippen LogP contribution in [0.1, 0.15) is 25.7 Å². The molecule has 0 aromatic heterocycles. The highest BCUT2D eigenvalue weighted by Gasteiger charge is 2.26. The SMILES string of the molecule is NCCCCC(NC(=O)C(CO)NC(=O)CNC(=O)C(N)CC(=O)O)C(=O)O. The molecule has 0 heterocycles. The van der Waals surface area contributed by atoms with Crippen LogP contribution >= 0.6 is 0 Å². The first-order chi connectivity index (χ1) is 13.1. The molecule has 0 radical (unpaired) electrons. The van der Waals surface area contributed by atoms with Crippen molar-refractivity contribution in [1.82, 2.24) is 16.0 Å². The van der Waals surface area contributed by atoms with Crippen LogP contribution in [0.15, 0.2) is 0 Å². The number of aliphatic hydroxyl groups excluding tert-OH is 1. The number of carbonyl (C=O) groups is 5. The van der Waals surface area contributed by atoms with Crippen LogP contribution < -0.4 is 27.4 Å². The van der Waals surface area contributed by atoms with Gasteiger partial charge in [-0.05, 0) is 25.8 Å². The number of nitrogens with one attached hydrogen (secondary N) is 3. The molecule has 0 aromatic rings. The molecule has 10 N–H and O–H groups in total. The lowest BCUT2D eigenvalue weighted by Crippen LogP contribution is -2.55. The van der Waals surface area contributed by atoms with Crippen molar-refractivity contribution in [2.75, 3.05) is 19.7 Å². The lowest BCUT2D eigenvalue weighted by molar-refractivity contribution is -0.142. The summed E-state index contributed by atoms with van der Waals surface area (Å²) in [5, 5.41) is 33.4. The summed E-state index contributed by atoms with van der Waals surface area (Å²) < 4.78 is 0. The Morgan fingerprint density at radius 3 is 2.07 bits per heavy atom. The van der Waals surface area contributed by atoms with Gasteiger partial charge in [-0.2, -0.15) is 0 Å². The van der Waals surface area contributed by atoms with Gasteiger partial charge in [0.05, 0.1) is 25.6 Å². The molecule has 28 heavy (non-hydrogen) atoms. The number of carboxylic acids is 2. The Morgan fingerprint density at radius 1 is 0.929 bits per heavy atom. The van der Waals surface area contributed by atoms with E-state index in [4.69, 9.17) is 21.7 Å². The maximum Gasteiger partial charge on any atom is 0.326 e. The molecule has 0 aromatic carbocycles. The first kappa shape index (κ1) is 25.2. The Balaban J connectivity index is 4.57. The zero-order valence-electron chi connectivity index (χ0n) is 15.2. The van der Waals surface area contributed by atoms with Gasteiger partial charge in [-0.3, -0.25) is 19.2 Å². The van der Waals surface area contributed by atoms with Gasteiger partial charge in [0, 0.05) is 0 Å². The summed E-state index contributed by atoms with van der Waals surface area (Å²) in [5.74, 6) is -5.21. The largest absolute Gasteiger partial charge is 0.481 e. The molecule has 0 bridgehead atoms. The van der Waals surface area contributed by atoms with Crippen molar-refractivity contribution < 1.29 is 39.3 Å². The van der Waals surface area contributed by atoms with Crippen LogP contribution in [0.25, 0.3) is 0 Å². The quantitative estimate of drug-likeness (QED) is 0.131. The maximum atomic E-state index is 12.1. The maximum absolute atomic E-state index is 12.1. The molecular formula is C15H27N5O8. The zero-order chi connectivity index (χ0) is 21.7. The molecule has 13 nitrogen and oxygen atoms in total. The summed E-state index contributed by atoms with van der Waals surface area (Å²) in [6, 6.07) is -4.00. The normalized spacial score (nSPS) is 13.7. The number of aliphatic carboxylic acids is 2. The van der Waals surface area contributed by atoms with E-state index in [1.54, 1.807) is 0 Å². The average Bonchev–Trinajstić information content (AvgIpc) is 2.62. The predicted molar refractivity (Wildman–Crippen MR) is 94.7 cm³/mol. The second-order valence-electron chi connectivity index (χ2n) is 5.91. The lowest BCUT2D eigenvalue weighted by Gasteiger charge is -2.20. The van der Waals surface area contributed by atoms with Gasteiger partial charge in [-0.25, -0.2) is 4.79 Å². The Hall–Kier alpha value is -2.77. The van der Waals surface area contributed by atoms with E-state index >= 15 is 0 Å². The molecule has 0 rings (SSSR count). The van der Waals surface area contributed by atoms with Crippen molar-refractivity contribution in [3.63, 3.8) is 0 Å². The van der Waals surface area contributed by atoms with E-state index in [1.165, 1.54) is 0 Å². The van der Waals surface area contributed by atoms with Crippen LogP contribution in [0.5, 0.6) is 0 Å². The molecule has 3 atom stereocenters. The molecule has 0 spiro atoms. The van der Waals surface area contributed by atoms with E-state index in [-0.39, 0.29) is 6.42 Å². The summed E-state index contributed by atoms with van der Waals surface area (Å²) in [4.78, 5) is 57.1. The molecule has 0 saturated heterocycles. The minimum Gasteiger partial charge on any atom is -0.481 e. The number of carboxylic acid groups (broad SMARTS) is 2. The number of amides is 3. The van der Waals surface area contributed by atoms with Crippen LogP contribution in [0.3, 0.4) is 0 Å². The Bertz CT molecular complexity index is 571. The van der Waals surface area contributed by atoms with Crippen LogP contribution in [0, 0.1) is 0 Å². The second kappa shape index (κ2) is 13.4. The van der Waals surface area contributed by atoms with Gasteiger partial charge in [0.1, 0.15) is 12.1 Å². The minimum atomic E-state index is -1.44. The van der Waals surface area contributed by atoms with Crippen molar-refractivity contribution >= 4 is 29.7 Å². The van der Waals surface area contributed by atoms with Crippen molar-refractivity contribution in [2.45, 2.75) is 43.8 Å². The standard InChI is InChI=1S/C15H27N5O8/c16-4-2-1-3-9(15(27)28)20-14(26)10(7-21)19-11(22)6-18-13(25)8(17)5-12(23)24/h8-10,21H,1-7,16-17H2,(H,18,25)(H,19,22)(H,20,26)(H,23,24)(H,27,28). The van der Waals surface area contributed by atoms with Gasteiger partial charge in [-0.15, -0.1) is 0 Å². The van der Waals surface area contributed by atoms with E-state index in [2.05, 4.69) is 16.0 Å². The monoisotopic (exact) mass is 405 g/mol. The van der Waals surface area contributed by atoms with Gasteiger partial charge in [0.25, 0.3) is 0 Å². The molecule has 0 aliphatic carbocycles. The smallest absolute Gasteiger partial charge is 0.326 e. The number of hydrogen-bond donors (Lipinski definition) is 8. The molecule has 13 heteroatoms. The fraction of sp³-hybridized carbons (Fsp3) is 0.667. The van der Waals surface area contributed by atoms with E-state index in [9.17, 15) is 29.1 Å². The Kier molecular flexibility index (Phi) is 12.1. The zero-order valence-corrected chi connectivity index (χ0v) is 15.2. The fourth-order valence-corrected chi connectivity index (χ4v) is 2.04.